The number of esters is 2. The summed E-state index contributed by atoms with van der Waals surface area (Å²) in [4.78, 5) is 34.7. The molecule has 0 rings (SSSR count). The van der Waals surface area contributed by atoms with E-state index in [1.807, 2.05) is 6.08 Å². The lowest BCUT2D eigenvalue weighted by Gasteiger charge is -2.19. The monoisotopic (exact) mass is 732 g/mol. The van der Waals surface area contributed by atoms with Crippen LogP contribution in [0.5, 0.6) is 0 Å². The first-order chi connectivity index (χ1) is 24.3. The predicted octanol–water partition coefficient (Wildman–Crippen LogP) is 11.4. The van der Waals surface area contributed by atoms with E-state index in [9.17, 15) is 19.0 Å². The molecule has 2 unspecified atom stereocenters. The van der Waals surface area contributed by atoms with Gasteiger partial charge in [-0.2, -0.15) is 0 Å². The average molecular weight is 732 g/mol. The minimum Gasteiger partial charge on any atom is -0.462 e. The number of nitrogens with two attached hydrogens (primary N) is 1. The van der Waals surface area contributed by atoms with Crippen LogP contribution in [0.25, 0.3) is 0 Å². The van der Waals surface area contributed by atoms with E-state index < -0.39 is 26.5 Å². The number of carbonyl (C=O) groups excluding carboxylic acids is 2. The average Bonchev–Trinajstić information content (AvgIpc) is 3.10. The molecule has 0 radical (unpaired) electrons. The molecule has 10 heteroatoms. The molecule has 0 aromatic heterocycles. The van der Waals surface area contributed by atoms with Crippen LogP contribution in [0.2, 0.25) is 0 Å². The van der Waals surface area contributed by atoms with E-state index in [0.29, 0.717) is 6.42 Å². The van der Waals surface area contributed by atoms with Crippen LogP contribution in [0, 0.1) is 0 Å². The molecule has 0 heterocycles. The summed E-state index contributed by atoms with van der Waals surface area (Å²) in [6.45, 7) is 3.71. The van der Waals surface area contributed by atoms with Crippen molar-refractivity contribution in [2.24, 2.45) is 5.73 Å². The van der Waals surface area contributed by atoms with Gasteiger partial charge in [-0.15, -0.1) is 0 Å². The molecular weight excluding hydrogens is 653 g/mol. The van der Waals surface area contributed by atoms with Crippen molar-refractivity contribution in [2.75, 3.05) is 26.4 Å². The number of phosphoric acid groups is 1. The van der Waals surface area contributed by atoms with E-state index >= 15 is 0 Å². The second-order valence-corrected chi connectivity index (χ2v) is 15.3. The number of rotatable bonds is 39. The normalized spacial score (nSPS) is 13.4. The summed E-state index contributed by atoms with van der Waals surface area (Å²) in [5.74, 6) is -0.876. The maximum absolute atomic E-state index is 12.5. The molecule has 2 atom stereocenters. The van der Waals surface area contributed by atoms with Gasteiger partial charge in [-0.3, -0.25) is 18.6 Å². The highest BCUT2D eigenvalue weighted by atomic mass is 31.2. The van der Waals surface area contributed by atoms with Gasteiger partial charge in [0.25, 0.3) is 0 Å². The highest BCUT2D eigenvalue weighted by Gasteiger charge is 2.25. The van der Waals surface area contributed by atoms with Gasteiger partial charge in [0, 0.05) is 19.4 Å². The van der Waals surface area contributed by atoms with Crippen LogP contribution in [0.1, 0.15) is 200 Å². The zero-order chi connectivity index (χ0) is 36.8. The highest BCUT2D eigenvalue weighted by molar-refractivity contribution is 7.47. The molecule has 0 aromatic rings. The molecule has 296 valence electrons. The summed E-state index contributed by atoms with van der Waals surface area (Å²) in [7, 11) is -4.38. The van der Waals surface area contributed by atoms with Gasteiger partial charge < -0.3 is 20.1 Å². The van der Waals surface area contributed by atoms with Crippen LogP contribution < -0.4 is 5.73 Å². The lowest BCUT2D eigenvalue weighted by atomic mass is 10.0. The van der Waals surface area contributed by atoms with E-state index in [1.165, 1.54) is 135 Å². The molecule has 0 aliphatic rings. The molecule has 0 amide bonds. The number of phosphoric ester groups is 1. The van der Waals surface area contributed by atoms with Crippen LogP contribution in [0.4, 0.5) is 0 Å². The topological polar surface area (TPSA) is 134 Å². The molecule has 50 heavy (non-hydrogen) atoms. The number of allylic oxidation sites excluding steroid dienone is 2. The van der Waals surface area contributed by atoms with Crippen molar-refractivity contribution in [3.63, 3.8) is 0 Å². The lowest BCUT2D eigenvalue weighted by molar-refractivity contribution is -0.161. The van der Waals surface area contributed by atoms with Crippen LogP contribution in [-0.2, 0) is 32.7 Å². The number of ether oxygens (including phenoxy) is 2. The fourth-order valence-corrected chi connectivity index (χ4v) is 6.59. The van der Waals surface area contributed by atoms with Crippen molar-refractivity contribution in [1.82, 2.24) is 0 Å². The van der Waals surface area contributed by atoms with Crippen molar-refractivity contribution in [3.8, 4) is 0 Å². The Bertz CT molecular complexity index is 840. The Balaban J connectivity index is 4.20. The van der Waals surface area contributed by atoms with Crippen molar-refractivity contribution in [1.29, 1.82) is 0 Å². The Hall–Kier alpha value is -1.25. The van der Waals surface area contributed by atoms with E-state index in [2.05, 4.69) is 19.9 Å². The van der Waals surface area contributed by atoms with E-state index in [-0.39, 0.29) is 38.6 Å². The largest absolute Gasteiger partial charge is 0.472 e. The van der Waals surface area contributed by atoms with Crippen LogP contribution in [0.15, 0.2) is 12.2 Å². The Kier molecular flexibility index (Phi) is 36.6. The van der Waals surface area contributed by atoms with Gasteiger partial charge >= 0.3 is 19.8 Å². The molecule has 0 fully saturated rings. The van der Waals surface area contributed by atoms with Crippen molar-refractivity contribution < 1.29 is 37.6 Å². The predicted molar refractivity (Wildman–Crippen MR) is 206 cm³/mol. The lowest BCUT2D eigenvalue weighted by Crippen LogP contribution is -2.29. The smallest absolute Gasteiger partial charge is 0.462 e. The maximum Gasteiger partial charge on any atom is 0.472 e. The summed E-state index contributed by atoms with van der Waals surface area (Å²) < 4.78 is 32.7. The number of hydrogen-bond acceptors (Lipinski definition) is 8. The molecular formula is C40H78NO8P. The molecule has 0 saturated carbocycles. The standard InChI is InChI=1S/C40H78NO8P/c1-3-5-7-9-11-13-15-17-19-21-23-25-27-29-31-33-40(43)49-38(37-48-50(44,45)47-35-34-41)36-46-39(42)32-30-28-26-24-22-20-18-16-14-12-10-8-6-4-2/h27,29,38H,3-26,28,30-37,41H2,1-2H3,(H,44,45). The third kappa shape index (κ3) is 36.5. The minimum atomic E-state index is -4.38. The molecule has 0 aliphatic carbocycles. The summed E-state index contributed by atoms with van der Waals surface area (Å²) in [5, 5.41) is 0. The van der Waals surface area contributed by atoms with E-state index in [0.717, 1.165) is 32.1 Å². The van der Waals surface area contributed by atoms with Crippen LogP contribution in [-0.4, -0.2) is 49.3 Å². The van der Waals surface area contributed by atoms with Gasteiger partial charge in [0.2, 0.25) is 0 Å². The van der Waals surface area contributed by atoms with Crippen LogP contribution in [0.3, 0.4) is 0 Å². The first-order valence-electron chi connectivity index (χ1n) is 20.7. The Morgan fingerprint density at radius 3 is 1.50 bits per heavy atom. The first-order valence-corrected chi connectivity index (χ1v) is 22.2. The Labute approximate surface area is 307 Å². The Morgan fingerprint density at radius 1 is 0.580 bits per heavy atom. The third-order valence-corrected chi connectivity index (χ3v) is 9.90. The van der Waals surface area contributed by atoms with Gasteiger partial charge in [0.05, 0.1) is 13.2 Å². The van der Waals surface area contributed by atoms with Gasteiger partial charge in [-0.1, -0.05) is 174 Å². The second kappa shape index (κ2) is 37.5. The second-order valence-electron chi connectivity index (χ2n) is 13.9. The Morgan fingerprint density at radius 2 is 1.02 bits per heavy atom. The summed E-state index contributed by atoms with van der Waals surface area (Å²) in [6.07, 6.45) is 36.8. The van der Waals surface area contributed by atoms with Gasteiger partial charge in [0.15, 0.2) is 6.10 Å². The number of carbonyl (C=O) groups is 2. The summed E-state index contributed by atoms with van der Waals surface area (Å²) in [6, 6.07) is 0. The number of unbranched alkanes of at least 4 members (excludes halogenated alkanes) is 24. The zero-order valence-electron chi connectivity index (χ0n) is 32.4. The zero-order valence-corrected chi connectivity index (χ0v) is 33.3. The molecule has 0 bridgehead atoms. The molecule has 9 nitrogen and oxygen atoms in total. The third-order valence-electron chi connectivity index (χ3n) is 8.91. The SMILES string of the molecule is CCCCCCCCCCCCCC=CCCC(=O)OC(COC(=O)CCCCCCCCCCCCCCCC)COP(=O)(O)OCCN. The van der Waals surface area contributed by atoms with Gasteiger partial charge in [-0.25, -0.2) is 4.57 Å². The van der Waals surface area contributed by atoms with Crippen molar-refractivity contribution in [3.05, 3.63) is 12.2 Å². The molecule has 0 saturated heterocycles. The van der Waals surface area contributed by atoms with Crippen molar-refractivity contribution >= 4 is 19.8 Å². The van der Waals surface area contributed by atoms with E-state index in [1.54, 1.807) is 0 Å². The van der Waals surface area contributed by atoms with Gasteiger partial charge in [-0.05, 0) is 25.7 Å². The summed E-state index contributed by atoms with van der Waals surface area (Å²) in [5.41, 5.74) is 5.34. The highest BCUT2D eigenvalue weighted by Crippen LogP contribution is 2.43. The number of hydrogen-bond donors (Lipinski definition) is 2. The minimum absolute atomic E-state index is 0.0516. The van der Waals surface area contributed by atoms with Gasteiger partial charge in [0.1, 0.15) is 6.61 Å². The van der Waals surface area contributed by atoms with E-state index in [4.69, 9.17) is 24.3 Å². The summed E-state index contributed by atoms with van der Waals surface area (Å²) >= 11 is 0. The fourth-order valence-electron chi connectivity index (χ4n) is 5.83. The fraction of sp³-hybridized carbons (Fsp3) is 0.900. The van der Waals surface area contributed by atoms with Crippen LogP contribution >= 0.6 is 7.82 Å². The molecule has 0 spiro atoms. The quantitative estimate of drug-likeness (QED) is 0.0274. The van der Waals surface area contributed by atoms with Crippen molar-refractivity contribution in [2.45, 2.75) is 206 Å². The molecule has 3 N–H and O–H groups in total. The molecule has 0 aliphatic heterocycles. The molecule has 0 aromatic carbocycles. The first kappa shape index (κ1) is 48.8. The maximum atomic E-state index is 12.5.